The minimum Gasteiger partial charge on any atom is -0.495 e. The molecule has 1 saturated carbocycles. The van der Waals surface area contributed by atoms with Crippen LogP contribution in [0, 0.1) is 13.8 Å². The Hall–Kier alpha value is -2.36. The van der Waals surface area contributed by atoms with Gasteiger partial charge in [-0.3, -0.25) is 4.79 Å². The van der Waals surface area contributed by atoms with E-state index in [1.165, 1.54) is 23.5 Å². The summed E-state index contributed by atoms with van der Waals surface area (Å²) in [6, 6.07) is 6.88. The highest BCUT2D eigenvalue weighted by atomic mass is 32.2. The molecule has 0 atom stereocenters. The molecule has 162 valence electrons. The van der Waals surface area contributed by atoms with Gasteiger partial charge in [0.15, 0.2) is 0 Å². The summed E-state index contributed by atoms with van der Waals surface area (Å²) in [5.41, 5.74) is 2.88. The quantitative estimate of drug-likeness (QED) is 0.757. The topological polar surface area (TPSA) is 89.9 Å². The maximum absolute atomic E-state index is 13.0. The van der Waals surface area contributed by atoms with Crippen LogP contribution in [0.4, 0.5) is 5.69 Å². The smallest absolute Gasteiger partial charge is 0.257 e. The fraction of sp³-hybridized carbons (Fsp3) is 0.476. The number of carbonyl (C=O) groups is 1. The molecule has 1 aromatic heterocycles. The molecule has 0 bridgehead atoms. The molecule has 1 amide bonds. The van der Waals surface area contributed by atoms with E-state index in [1.54, 1.807) is 6.07 Å². The van der Waals surface area contributed by atoms with Crippen molar-refractivity contribution in [3.8, 4) is 5.75 Å². The average molecular weight is 434 g/mol. The highest BCUT2D eigenvalue weighted by Crippen LogP contribution is 2.38. The molecule has 2 aromatic rings. The standard InChI is InChI=1S/C21H27N3O5S/c1-14-12-18(15(2)24(14)16-4-5-16)21(25)22-19-13-17(6-7-20(19)28-3)30(26,27)23-8-10-29-11-9-23/h6-7,12-13,16H,4-5,8-11H2,1-3H3,(H,22,25). The monoisotopic (exact) mass is 433 g/mol. The van der Waals surface area contributed by atoms with Crippen molar-refractivity contribution in [3.05, 3.63) is 41.2 Å². The van der Waals surface area contributed by atoms with Crippen molar-refractivity contribution >= 4 is 21.6 Å². The Bertz CT molecular complexity index is 1070. The number of carbonyl (C=O) groups excluding carboxylic acids is 1. The number of morpholine rings is 1. The summed E-state index contributed by atoms with van der Waals surface area (Å²) in [5.74, 6) is 0.120. The van der Waals surface area contributed by atoms with Crippen LogP contribution in [0.3, 0.4) is 0 Å². The van der Waals surface area contributed by atoms with Crippen LogP contribution in [0.15, 0.2) is 29.2 Å². The van der Waals surface area contributed by atoms with Crippen LogP contribution >= 0.6 is 0 Å². The molecular formula is C21H27N3O5S. The minimum absolute atomic E-state index is 0.115. The Morgan fingerprint density at radius 3 is 2.50 bits per heavy atom. The molecule has 1 N–H and O–H groups in total. The lowest BCUT2D eigenvalue weighted by molar-refractivity contribution is 0.0730. The van der Waals surface area contributed by atoms with Gasteiger partial charge in [0.25, 0.3) is 5.91 Å². The molecule has 0 radical (unpaired) electrons. The maximum atomic E-state index is 13.0. The molecule has 4 rings (SSSR count). The molecule has 0 spiro atoms. The highest BCUT2D eigenvalue weighted by Gasteiger charge is 2.30. The summed E-state index contributed by atoms with van der Waals surface area (Å²) < 4.78 is 40.2. The predicted octanol–water partition coefficient (Wildman–Crippen LogP) is 2.72. The number of ether oxygens (including phenoxy) is 2. The van der Waals surface area contributed by atoms with E-state index < -0.39 is 10.0 Å². The number of anilines is 1. The number of nitrogens with zero attached hydrogens (tertiary/aromatic N) is 2. The summed E-state index contributed by atoms with van der Waals surface area (Å²) in [5, 5.41) is 2.85. The number of nitrogens with one attached hydrogen (secondary N) is 1. The van der Waals surface area contributed by atoms with Gasteiger partial charge in [-0.25, -0.2) is 8.42 Å². The highest BCUT2D eigenvalue weighted by molar-refractivity contribution is 7.89. The van der Waals surface area contributed by atoms with Gasteiger partial charge >= 0.3 is 0 Å². The second-order valence-electron chi connectivity index (χ2n) is 7.72. The van der Waals surface area contributed by atoms with E-state index in [0.29, 0.717) is 49.3 Å². The number of hydrogen-bond acceptors (Lipinski definition) is 5. The first-order valence-corrected chi connectivity index (χ1v) is 11.5. The zero-order valence-electron chi connectivity index (χ0n) is 17.5. The van der Waals surface area contributed by atoms with Gasteiger partial charge < -0.3 is 19.4 Å². The van der Waals surface area contributed by atoms with Gasteiger partial charge in [0, 0.05) is 30.5 Å². The molecule has 8 nitrogen and oxygen atoms in total. The Morgan fingerprint density at radius 2 is 1.87 bits per heavy atom. The first-order valence-electron chi connectivity index (χ1n) is 10.1. The second-order valence-corrected chi connectivity index (χ2v) is 9.66. The Balaban J connectivity index is 1.63. The fourth-order valence-corrected chi connectivity index (χ4v) is 5.41. The zero-order valence-corrected chi connectivity index (χ0v) is 18.3. The number of rotatable bonds is 6. The summed E-state index contributed by atoms with van der Waals surface area (Å²) in [6.07, 6.45) is 2.26. The van der Waals surface area contributed by atoms with E-state index in [9.17, 15) is 13.2 Å². The van der Waals surface area contributed by atoms with E-state index in [-0.39, 0.29) is 10.8 Å². The van der Waals surface area contributed by atoms with Crippen LogP contribution in [-0.4, -0.2) is 56.6 Å². The van der Waals surface area contributed by atoms with Crippen LogP contribution in [0.5, 0.6) is 5.75 Å². The number of aryl methyl sites for hydroxylation is 1. The lowest BCUT2D eigenvalue weighted by Gasteiger charge is -2.26. The van der Waals surface area contributed by atoms with E-state index in [2.05, 4.69) is 9.88 Å². The SMILES string of the molecule is COc1ccc(S(=O)(=O)N2CCOCC2)cc1NC(=O)c1cc(C)n(C2CC2)c1C. The number of sulfonamides is 1. The maximum Gasteiger partial charge on any atom is 0.257 e. The van der Waals surface area contributed by atoms with Crippen LogP contribution in [0.25, 0.3) is 0 Å². The van der Waals surface area contributed by atoms with Crippen LogP contribution in [-0.2, 0) is 14.8 Å². The van der Waals surface area contributed by atoms with Gasteiger partial charge in [0.2, 0.25) is 10.0 Å². The fourth-order valence-electron chi connectivity index (χ4n) is 3.97. The Kier molecular flexibility index (Phi) is 5.61. The Morgan fingerprint density at radius 1 is 1.17 bits per heavy atom. The molecule has 2 aliphatic rings. The van der Waals surface area contributed by atoms with Gasteiger partial charge in [-0.2, -0.15) is 4.31 Å². The van der Waals surface area contributed by atoms with E-state index in [1.807, 2.05) is 19.9 Å². The minimum atomic E-state index is -3.68. The molecule has 2 heterocycles. The van der Waals surface area contributed by atoms with Crippen molar-refractivity contribution in [1.82, 2.24) is 8.87 Å². The summed E-state index contributed by atoms with van der Waals surface area (Å²) in [6.45, 7) is 5.30. The van der Waals surface area contributed by atoms with E-state index >= 15 is 0 Å². The molecule has 2 fully saturated rings. The third-order valence-corrected chi connectivity index (χ3v) is 7.56. The van der Waals surface area contributed by atoms with Crippen molar-refractivity contribution in [2.24, 2.45) is 0 Å². The molecular weight excluding hydrogens is 406 g/mol. The van der Waals surface area contributed by atoms with Gasteiger partial charge in [-0.05, 0) is 51.0 Å². The van der Waals surface area contributed by atoms with E-state index in [0.717, 1.165) is 24.2 Å². The van der Waals surface area contributed by atoms with Crippen molar-refractivity contribution in [1.29, 1.82) is 0 Å². The second kappa shape index (κ2) is 8.05. The molecule has 1 aromatic carbocycles. The van der Waals surface area contributed by atoms with Crippen LogP contribution in [0.1, 0.15) is 40.6 Å². The van der Waals surface area contributed by atoms with Crippen molar-refractivity contribution < 1.29 is 22.7 Å². The number of aromatic nitrogens is 1. The molecule has 0 unspecified atom stereocenters. The lowest BCUT2D eigenvalue weighted by atomic mass is 10.2. The van der Waals surface area contributed by atoms with E-state index in [4.69, 9.17) is 9.47 Å². The largest absolute Gasteiger partial charge is 0.495 e. The normalized spacial score (nSPS) is 17.7. The molecule has 9 heteroatoms. The summed E-state index contributed by atoms with van der Waals surface area (Å²) in [4.78, 5) is 13.1. The lowest BCUT2D eigenvalue weighted by Crippen LogP contribution is -2.40. The third-order valence-electron chi connectivity index (χ3n) is 5.67. The average Bonchev–Trinajstić information content (AvgIpc) is 3.52. The number of hydrogen-bond donors (Lipinski definition) is 1. The molecule has 1 saturated heterocycles. The number of benzene rings is 1. The predicted molar refractivity (Wildman–Crippen MR) is 113 cm³/mol. The molecule has 1 aliphatic carbocycles. The summed E-state index contributed by atoms with van der Waals surface area (Å²) >= 11 is 0. The van der Waals surface area contributed by atoms with Gasteiger partial charge in [0.05, 0.1) is 36.5 Å². The van der Waals surface area contributed by atoms with Crippen LogP contribution < -0.4 is 10.1 Å². The van der Waals surface area contributed by atoms with Gasteiger partial charge in [0.1, 0.15) is 5.75 Å². The summed E-state index contributed by atoms with van der Waals surface area (Å²) in [7, 11) is -2.20. The van der Waals surface area contributed by atoms with Crippen molar-refractivity contribution in [2.45, 2.75) is 37.6 Å². The molecule has 30 heavy (non-hydrogen) atoms. The first-order chi connectivity index (χ1) is 14.3. The number of amides is 1. The molecule has 1 aliphatic heterocycles. The first kappa shape index (κ1) is 20.9. The van der Waals surface area contributed by atoms with Crippen LogP contribution in [0.2, 0.25) is 0 Å². The zero-order chi connectivity index (χ0) is 21.5. The third kappa shape index (κ3) is 3.84. The van der Waals surface area contributed by atoms with Crippen molar-refractivity contribution in [3.63, 3.8) is 0 Å². The number of methoxy groups -OCH3 is 1. The van der Waals surface area contributed by atoms with Gasteiger partial charge in [-0.15, -0.1) is 0 Å². The van der Waals surface area contributed by atoms with Gasteiger partial charge in [-0.1, -0.05) is 0 Å². The van der Waals surface area contributed by atoms with Crippen molar-refractivity contribution in [2.75, 3.05) is 38.7 Å². The Labute approximate surface area is 176 Å².